The molecule has 0 aromatic heterocycles. The lowest BCUT2D eigenvalue weighted by molar-refractivity contribution is -0.115. The Morgan fingerprint density at radius 1 is 1.03 bits per heavy atom. The summed E-state index contributed by atoms with van der Waals surface area (Å²) in [5.74, 6) is 0.266. The molecule has 1 atom stereocenters. The van der Waals surface area contributed by atoms with Gasteiger partial charge in [-0.05, 0) is 72.4 Å². The van der Waals surface area contributed by atoms with Crippen LogP contribution in [0.25, 0.3) is 0 Å². The lowest BCUT2D eigenvalue weighted by atomic mass is 10.0. The number of hydrogen-bond donors (Lipinski definition) is 1. The standard InChI is InChI=1S/C27H25FN2O4/c1-2-30-21(16-33-27(30)32)13-17-3-7-22(8-4-17)34-25-10-6-19(14-23(25)28)11-18-5-9-24-20(12-18)15-26(31)29-24/h3-10,12,14,21H,2,11,13,15-16H2,1H3,(H,29,31). The molecule has 2 amide bonds. The van der Waals surface area contributed by atoms with Gasteiger partial charge < -0.3 is 19.7 Å². The number of carbonyl (C=O) groups is 2. The summed E-state index contributed by atoms with van der Waals surface area (Å²) in [4.78, 5) is 25.0. The quantitative estimate of drug-likeness (QED) is 0.534. The first-order valence-corrected chi connectivity index (χ1v) is 11.4. The maximum Gasteiger partial charge on any atom is 0.410 e. The van der Waals surface area contributed by atoms with E-state index < -0.39 is 5.82 Å². The van der Waals surface area contributed by atoms with E-state index in [1.807, 2.05) is 43.3 Å². The number of nitrogens with one attached hydrogen (secondary N) is 1. The minimum atomic E-state index is -0.431. The van der Waals surface area contributed by atoms with E-state index in [0.717, 1.165) is 27.9 Å². The number of rotatable bonds is 7. The van der Waals surface area contributed by atoms with Crippen molar-refractivity contribution < 1.29 is 23.5 Å². The summed E-state index contributed by atoms with van der Waals surface area (Å²) in [6.07, 6.45) is 1.37. The van der Waals surface area contributed by atoms with Gasteiger partial charge in [-0.1, -0.05) is 30.3 Å². The lowest BCUT2D eigenvalue weighted by Crippen LogP contribution is -2.34. The third kappa shape index (κ3) is 4.59. The highest BCUT2D eigenvalue weighted by Gasteiger charge is 2.31. The van der Waals surface area contributed by atoms with Crippen molar-refractivity contribution in [3.8, 4) is 11.5 Å². The maximum absolute atomic E-state index is 14.7. The Labute approximate surface area is 197 Å². The molecular weight excluding hydrogens is 435 g/mol. The van der Waals surface area contributed by atoms with Crippen molar-refractivity contribution in [1.82, 2.24) is 4.90 Å². The third-order valence-corrected chi connectivity index (χ3v) is 6.24. The number of benzene rings is 3. The lowest BCUT2D eigenvalue weighted by Gasteiger charge is -2.19. The molecule has 2 heterocycles. The third-order valence-electron chi connectivity index (χ3n) is 6.24. The second-order valence-corrected chi connectivity index (χ2v) is 8.62. The first-order chi connectivity index (χ1) is 16.5. The molecule has 174 valence electrons. The van der Waals surface area contributed by atoms with Crippen LogP contribution in [0.3, 0.4) is 0 Å². The van der Waals surface area contributed by atoms with E-state index in [1.54, 1.807) is 23.1 Å². The number of anilines is 1. The molecule has 3 aromatic carbocycles. The van der Waals surface area contributed by atoms with Gasteiger partial charge in [0.05, 0.1) is 12.5 Å². The molecule has 1 N–H and O–H groups in total. The van der Waals surface area contributed by atoms with Gasteiger partial charge in [-0.3, -0.25) is 4.79 Å². The van der Waals surface area contributed by atoms with Crippen molar-refractivity contribution in [3.63, 3.8) is 0 Å². The van der Waals surface area contributed by atoms with Crippen molar-refractivity contribution in [3.05, 3.63) is 88.7 Å². The average molecular weight is 461 g/mol. The summed E-state index contributed by atoms with van der Waals surface area (Å²) in [5, 5.41) is 2.82. The molecule has 6 nitrogen and oxygen atoms in total. The number of halogens is 1. The van der Waals surface area contributed by atoms with Gasteiger partial charge in [-0.25, -0.2) is 9.18 Å². The minimum absolute atomic E-state index is 0.00156. The summed E-state index contributed by atoms with van der Waals surface area (Å²) < 4.78 is 25.6. The van der Waals surface area contributed by atoms with E-state index in [9.17, 15) is 14.0 Å². The van der Waals surface area contributed by atoms with Crippen LogP contribution >= 0.6 is 0 Å². The number of fused-ring (bicyclic) bond motifs is 1. The van der Waals surface area contributed by atoms with Gasteiger partial charge in [0.1, 0.15) is 12.4 Å². The van der Waals surface area contributed by atoms with Crippen molar-refractivity contribution in [2.24, 2.45) is 0 Å². The molecule has 1 unspecified atom stereocenters. The highest BCUT2D eigenvalue weighted by atomic mass is 19.1. The number of amides is 2. The van der Waals surface area contributed by atoms with Gasteiger partial charge in [-0.15, -0.1) is 0 Å². The molecule has 0 aliphatic carbocycles. The SMILES string of the molecule is CCN1C(=O)OCC1Cc1ccc(Oc2ccc(Cc3ccc4c(c3)CC(=O)N4)cc2F)cc1. The van der Waals surface area contributed by atoms with E-state index in [1.165, 1.54) is 6.07 Å². The topological polar surface area (TPSA) is 67.9 Å². The second-order valence-electron chi connectivity index (χ2n) is 8.62. The Hall–Kier alpha value is -3.87. The fourth-order valence-corrected chi connectivity index (χ4v) is 4.50. The number of ether oxygens (including phenoxy) is 2. The summed E-state index contributed by atoms with van der Waals surface area (Å²) in [7, 11) is 0. The average Bonchev–Trinajstić information content (AvgIpc) is 3.37. The van der Waals surface area contributed by atoms with Crippen LogP contribution in [0, 0.1) is 5.82 Å². The number of likely N-dealkylation sites (N-methyl/N-ethyl adjacent to an activating group) is 1. The van der Waals surface area contributed by atoms with Crippen molar-refractivity contribution in [1.29, 1.82) is 0 Å². The van der Waals surface area contributed by atoms with Crippen molar-refractivity contribution in [2.75, 3.05) is 18.5 Å². The molecule has 0 bridgehead atoms. The minimum Gasteiger partial charge on any atom is -0.454 e. The first-order valence-electron chi connectivity index (χ1n) is 11.4. The monoisotopic (exact) mass is 460 g/mol. The van der Waals surface area contributed by atoms with Crippen LogP contribution in [0.4, 0.5) is 14.9 Å². The predicted molar refractivity (Wildman–Crippen MR) is 126 cm³/mol. The number of cyclic esters (lactones) is 1. The van der Waals surface area contributed by atoms with E-state index in [4.69, 9.17) is 9.47 Å². The van der Waals surface area contributed by atoms with Crippen molar-refractivity contribution >= 4 is 17.7 Å². The molecule has 0 radical (unpaired) electrons. The van der Waals surface area contributed by atoms with Gasteiger partial charge in [-0.2, -0.15) is 0 Å². The second kappa shape index (κ2) is 9.17. The van der Waals surface area contributed by atoms with Gasteiger partial charge in [0, 0.05) is 12.2 Å². The summed E-state index contributed by atoms with van der Waals surface area (Å²) >= 11 is 0. The molecular formula is C27H25FN2O4. The van der Waals surface area contributed by atoms with Crippen LogP contribution in [0.15, 0.2) is 60.7 Å². The van der Waals surface area contributed by atoms with Crippen LogP contribution in [0.1, 0.15) is 29.2 Å². The molecule has 34 heavy (non-hydrogen) atoms. The fourth-order valence-electron chi connectivity index (χ4n) is 4.50. The van der Waals surface area contributed by atoms with Gasteiger partial charge in [0.25, 0.3) is 0 Å². The molecule has 7 heteroatoms. The van der Waals surface area contributed by atoms with Gasteiger partial charge >= 0.3 is 6.09 Å². The molecule has 0 saturated carbocycles. The number of nitrogens with zero attached hydrogens (tertiary/aromatic N) is 1. The van der Waals surface area contributed by atoms with Crippen molar-refractivity contribution in [2.45, 2.75) is 32.2 Å². The largest absolute Gasteiger partial charge is 0.454 e. The Morgan fingerprint density at radius 2 is 1.76 bits per heavy atom. The zero-order chi connectivity index (χ0) is 23.7. The summed E-state index contributed by atoms with van der Waals surface area (Å²) in [6.45, 7) is 2.94. The van der Waals surface area contributed by atoms with E-state index in [0.29, 0.717) is 38.2 Å². The van der Waals surface area contributed by atoms with E-state index >= 15 is 0 Å². The molecule has 1 fully saturated rings. The van der Waals surface area contributed by atoms with Crippen LogP contribution in [-0.4, -0.2) is 36.1 Å². The zero-order valence-corrected chi connectivity index (χ0v) is 18.8. The first kappa shape index (κ1) is 21.9. The van der Waals surface area contributed by atoms with Crippen LogP contribution in [0.2, 0.25) is 0 Å². The summed E-state index contributed by atoms with van der Waals surface area (Å²) in [6, 6.07) is 18.3. The highest BCUT2D eigenvalue weighted by molar-refractivity contribution is 5.99. The predicted octanol–water partition coefficient (Wildman–Crippen LogP) is 5.09. The molecule has 0 spiro atoms. The van der Waals surface area contributed by atoms with Gasteiger partial charge in [0.15, 0.2) is 11.6 Å². The Morgan fingerprint density at radius 3 is 2.53 bits per heavy atom. The maximum atomic E-state index is 14.7. The Bertz CT molecular complexity index is 1240. The van der Waals surface area contributed by atoms with Crippen LogP contribution in [-0.2, 0) is 28.8 Å². The summed E-state index contributed by atoms with van der Waals surface area (Å²) in [5.41, 5.74) is 4.72. The van der Waals surface area contributed by atoms with E-state index in [2.05, 4.69) is 5.32 Å². The fraction of sp³-hybridized carbons (Fsp3) is 0.259. The van der Waals surface area contributed by atoms with Gasteiger partial charge in [0.2, 0.25) is 5.91 Å². The molecule has 2 aliphatic heterocycles. The Balaban J connectivity index is 1.22. The number of carbonyl (C=O) groups excluding carboxylic acids is 2. The molecule has 2 aliphatic rings. The molecule has 3 aromatic rings. The normalized spacial score (nSPS) is 16.9. The molecule has 5 rings (SSSR count). The van der Waals surface area contributed by atoms with E-state index in [-0.39, 0.29) is 23.8 Å². The number of hydrogen-bond acceptors (Lipinski definition) is 4. The Kier molecular flexibility index (Phi) is 5.92. The smallest absolute Gasteiger partial charge is 0.410 e. The van der Waals surface area contributed by atoms with Crippen LogP contribution in [0.5, 0.6) is 11.5 Å². The zero-order valence-electron chi connectivity index (χ0n) is 18.8. The highest BCUT2D eigenvalue weighted by Crippen LogP contribution is 2.28. The van der Waals surface area contributed by atoms with Crippen LogP contribution < -0.4 is 10.1 Å². The molecule has 1 saturated heterocycles.